The predicted molar refractivity (Wildman–Crippen MR) is 66.5 cm³/mol. The smallest absolute Gasteiger partial charge is 0.272 e. The molecule has 0 bridgehead atoms. The van der Waals surface area contributed by atoms with Gasteiger partial charge in [0.15, 0.2) is 0 Å². The van der Waals surface area contributed by atoms with Gasteiger partial charge in [0.05, 0.1) is 4.92 Å². The number of amides is 1. The Bertz CT molecular complexity index is 459. The first-order valence-electron chi connectivity index (χ1n) is 5.62. The van der Waals surface area contributed by atoms with E-state index in [1.165, 1.54) is 18.2 Å². The fourth-order valence-electron chi connectivity index (χ4n) is 1.57. The summed E-state index contributed by atoms with van der Waals surface area (Å²) in [6, 6.07) is 4.09. The third-order valence-electron chi connectivity index (χ3n) is 2.60. The van der Waals surface area contributed by atoms with E-state index in [-0.39, 0.29) is 24.2 Å². The summed E-state index contributed by atoms with van der Waals surface area (Å²) < 4.78 is 0. The summed E-state index contributed by atoms with van der Waals surface area (Å²) in [5.41, 5.74) is 0.820. The Morgan fingerprint density at radius 3 is 2.72 bits per heavy atom. The SMILES string of the molecule is Cc1cc(C(=O)NC(C)CCO)ccc1[N+](=O)[O-]. The van der Waals surface area contributed by atoms with Crippen LogP contribution in [0.3, 0.4) is 0 Å². The van der Waals surface area contributed by atoms with Gasteiger partial charge in [0.25, 0.3) is 11.6 Å². The average molecular weight is 252 g/mol. The van der Waals surface area contributed by atoms with Crippen LogP contribution in [0, 0.1) is 17.0 Å². The molecule has 0 aliphatic rings. The minimum atomic E-state index is -0.481. The third-order valence-corrected chi connectivity index (χ3v) is 2.60. The van der Waals surface area contributed by atoms with Gasteiger partial charge in [-0.15, -0.1) is 0 Å². The molecule has 98 valence electrons. The molecule has 0 saturated heterocycles. The van der Waals surface area contributed by atoms with Crippen molar-refractivity contribution in [3.63, 3.8) is 0 Å². The number of aryl methyl sites for hydroxylation is 1. The van der Waals surface area contributed by atoms with E-state index in [1.54, 1.807) is 13.8 Å². The molecule has 1 unspecified atom stereocenters. The van der Waals surface area contributed by atoms with Crippen LogP contribution in [0.15, 0.2) is 18.2 Å². The number of aliphatic hydroxyl groups excluding tert-OH is 1. The van der Waals surface area contributed by atoms with E-state index in [0.29, 0.717) is 17.5 Å². The second-order valence-electron chi connectivity index (χ2n) is 4.15. The van der Waals surface area contributed by atoms with Gasteiger partial charge >= 0.3 is 0 Å². The highest BCUT2D eigenvalue weighted by molar-refractivity contribution is 5.94. The zero-order chi connectivity index (χ0) is 13.7. The van der Waals surface area contributed by atoms with Crippen LogP contribution in [0.5, 0.6) is 0 Å². The molecule has 1 aromatic rings. The van der Waals surface area contributed by atoms with E-state index in [2.05, 4.69) is 5.32 Å². The summed E-state index contributed by atoms with van der Waals surface area (Å²) in [4.78, 5) is 22.0. The number of nitrogens with one attached hydrogen (secondary N) is 1. The Morgan fingerprint density at radius 1 is 1.56 bits per heavy atom. The molecule has 18 heavy (non-hydrogen) atoms. The lowest BCUT2D eigenvalue weighted by atomic mass is 10.1. The number of aliphatic hydroxyl groups is 1. The van der Waals surface area contributed by atoms with Gasteiger partial charge in [-0.1, -0.05) is 0 Å². The normalized spacial score (nSPS) is 11.9. The van der Waals surface area contributed by atoms with E-state index in [0.717, 1.165) is 0 Å². The highest BCUT2D eigenvalue weighted by Gasteiger charge is 2.14. The topological polar surface area (TPSA) is 92.5 Å². The molecule has 1 rings (SSSR count). The molecule has 0 aliphatic heterocycles. The van der Waals surface area contributed by atoms with Gasteiger partial charge in [0, 0.05) is 29.8 Å². The number of hydrogen-bond acceptors (Lipinski definition) is 4. The first-order chi connectivity index (χ1) is 8.45. The molecule has 0 heterocycles. The number of nitrogens with zero attached hydrogens (tertiary/aromatic N) is 1. The number of carbonyl (C=O) groups is 1. The van der Waals surface area contributed by atoms with Crippen molar-refractivity contribution in [3.05, 3.63) is 39.4 Å². The van der Waals surface area contributed by atoms with Crippen LogP contribution in [-0.4, -0.2) is 28.6 Å². The van der Waals surface area contributed by atoms with Crippen LogP contribution in [-0.2, 0) is 0 Å². The van der Waals surface area contributed by atoms with Gasteiger partial charge < -0.3 is 10.4 Å². The fourth-order valence-corrected chi connectivity index (χ4v) is 1.57. The summed E-state index contributed by atoms with van der Waals surface area (Å²) >= 11 is 0. The van der Waals surface area contributed by atoms with Crippen LogP contribution in [0.1, 0.15) is 29.3 Å². The maximum Gasteiger partial charge on any atom is 0.272 e. The predicted octanol–water partition coefficient (Wildman–Crippen LogP) is 1.40. The van der Waals surface area contributed by atoms with Gasteiger partial charge in [-0.25, -0.2) is 0 Å². The van der Waals surface area contributed by atoms with Crippen LogP contribution < -0.4 is 5.32 Å². The highest BCUT2D eigenvalue weighted by atomic mass is 16.6. The van der Waals surface area contributed by atoms with Gasteiger partial charge in [0.2, 0.25) is 0 Å². The lowest BCUT2D eigenvalue weighted by Gasteiger charge is -2.12. The third kappa shape index (κ3) is 3.53. The quantitative estimate of drug-likeness (QED) is 0.612. The maximum absolute atomic E-state index is 11.8. The van der Waals surface area contributed by atoms with Gasteiger partial charge in [0.1, 0.15) is 0 Å². The van der Waals surface area contributed by atoms with Crippen molar-refractivity contribution < 1.29 is 14.8 Å². The van der Waals surface area contributed by atoms with E-state index >= 15 is 0 Å². The van der Waals surface area contributed by atoms with Crippen molar-refractivity contribution in [3.8, 4) is 0 Å². The second kappa shape index (κ2) is 6.11. The fraction of sp³-hybridized carbons (Fsp3) is 0.417. The van der Waals surface area contributed by atoms with Crippen LogP contribution in [0.25, 0.3) is 0 Å². The monoisotopic (exact) mass is 252 g/mol. The van der Waals surface area contributed by atoms with Crippen LogP contribution in [0.2, 0.25) is 0 Å². The van der Waals surface area contributed by atoms with Crippen molar-refractivity contribution in [2.24, 2.45) is 0 Å². The average Bonchev–Trinajstić information content (AvgIpc) is 2.28. The molecule has 0 aliphatic carbocycles. The van der Waals surface area contributed by atoms with E-state index < -0.39 is 4.92 Å². The van der Waals surface area contributed by atoms with E-state index in [9.17, 15) is 14.9 Å². The summed E-state index contributed by atoms with van der Waals surface area (Å²) in [5, 5.41) is 22.1. The summed E-state index contributed by atoms with van der Waals surface area (Å²) in [6.45, 7) is 3.37. The molecule has 0 aromatic heterocycles. The highest BCUT2D eigenvalue weighted by Crippen LogP contribution is 2.18. The van der Waals surface area contributed by atoms with Crippen molar-refractivity contribution in [2.75, 3.05) is 6.61 Å². The molecule has 0 saturated carbocycles. The molecular weight excluding hydrogens is 236 g/mol. The van der Waals surface area contributed by atoms with Gasteiger partial charge in [-0.2, -0.15) is 0 Å². The second-order valence-corrected chi connectivity index (χ2v) is 4.15. The molecule has 1 atom stereocenters. The first kappa shape index (κ1) is 14.1. The first-order valence-corrected chi connectivity index (χ1v) is 5.62. The molecular formula is C12H16N2O4. The van der Waals surface area contributed by atoms with E-state index in [1.807, 2.05) is 0 Å². The molecule has 1 aromatic carbocycles. The molecule has 6 heteroatoms. The molecule has 6 nitrogen and oxygen atoms in total. The zero-order valence-electron chi connectivity index (χ0n) is 10.3. The van der Waals surface area contributed by atoms with Gasteiger partial charge in [-0.3, -0.25) is 14.9 Å². The van der Waals surface area contributed by atoms with Crippen molar-refractivity contribution in [2.45, 2.75) is 26.3 Å². The number of nitro benzene ring substituents is 1. The maximum atomic E-state index is 11.8. The lowest BCUT2D eigenvalue weighted by Crippen LogP contribution is -2.33. The Kier molecular flexibility index (Phi) is 4.79. The van der Waals surface area contributed by atoms with Crippen LogP contribution in [0.4, 0.5) is 5.69 Å². The molecule has 0 radical (unpaired) electrons. The lowest BCUT2D eigenvalue weighted by molar-refractivity contribution is -0.385. The Morgan fingerprint density at radius 2 is 2.22 bits per heavy atom. The minimum Gasteiger partial charge on any atom is -0.396 e. The van der Waals surface area contributed by atoms with Crippen LogP contribution >= 0.6 is 0 Å². The Labute approximate surface area is 105 Å². The summed E-state index contributed by atoms with van der Waals surface area (Å²) in [7, 11) is 0. The summed E-state index contributed by atoms with van der Waals surface area (Å²) in [6.07, 6.45) is 0.470. The Balaban J connectivity index is 2.81. The van der Waals surface area contributed by atoms with Gasteiger partial charge in [-0.05, 0) is 32.4 Å². The number of hydrogen-bond donors (Lipinski definition) is 2. The summed E-state index contributed by atoms with van der Waals surface area (Å²) in [5.74, 6) is -0.297. The van der Waals surface area contributed by atoms with Crippen molar-refractivity contribution >= 4 is 11.6 Å². The number of carbonyl (C=O) groups excluding carboxylic acids is 1. The zero-order valence-corrected chi connectivity index (χ0v) is 10.3. The number of benzene rings is 1. The van der Waals surface area contributed by atoms with E-state index in [4.69, 9.17) is 5.11 Å². The minimum absolute atomic E-state index is 0.000730. The number of rotatable bonds is 5. The molecule has 1 amide bonds. The standard InChI is InChI=1S/C12H16N2O4/c1-8-7-10(3-4-11(8)14(17)18)12(16)13-9(2)5-6-15/h3-4,7,9,15H,5-6H2,1-2H3,(H,13,16). The van der Waals surface area contributed by atoms with Crippen molar-refractivity contribution in [1.29, 1.82) is 0 Å². The molecule has 0 spiro atoms. The number of nitro groups is 1. The molecule has 0 fully saturated rings. The Hall–Kier alpha value is -1.95. The largest absolute Gasteiger partial charge is 0.396 e. The van der Waals surface area contributed by atoms with Crippen molar-refractivity contribution in [1.82, 2.24) is 5.32 Å². The molecule has 2 N–H and O–H groups in total.